The van der Waals surface area contributed by atoms with Gasteiger partial charge in [0.15, 0.2) is 6.61 Å². The van der Waals surface area contributed by atoms with Crippen molar-refractivity contribution >= 4 is 46.6 Å². The molecule has 8 heteroatoms. The van der Waals surface area contributed by atoms with E-state index in [1.54, 1.807) is 49.4 Å². The van der Waals surface area contributed by atoms with Crippen LogP contribution in [0.3, 0.4) is 0 Å². The summed E-state index contributed by atoms with van der Waals surface area (Å²) in [7, 11) is 0. The van der Waals surface area contributed by atoms with Crippen molar-refractivity contribution < 1.29 is 14.3 Å². The van der Waals surface area contributed by atoms with E-state index in [0.29, 0.717) is 20.8 Å². The summed E-state index contributed by atoms with van der Waals surface area (Å²) in [5.74, 6) is -0.193. The number of nitrogens with zero attached hydrogens (tertiary/aromatic N) is 1. The van der Waals surface area contributed by atoms with Gasteiger partial charge in [0.25, 0.3) is 5.91 Å². The second kappa shape index (κ2) is 11.4. The quantitative estimate of drug-likeness (QED) is 0.536. The van der Waals surface area contributed by atoms with Gasteiger partial charge in [-0.2, -0.15) is 0 Å². The van der Waals surface area contributed by atoms with Crippen LogP contribution in [0.15, 0.2) is 42.5 Å². The fourth-order valence-corrected chi connectivity index (χ4v) is 3.18. The van der Waals surface area contributed by atoms with Gasteiger partial charge >= 0.3 is 0 Å². The zero-order chi connectivity index (χ0) is 22.3. The average Bonchev–Trinajstić information content (AvgIpc) is 2.73. The number of halogens is 3. The molecule has 0 unspecified atom stereocenters. The molecular weight excluding hydrogens is 447 g/mol. The Morgan fingerprint density at radius 1 is 1.03 bits per heavy atom. The topological polar surface area (TPSA) is 58.6 Å². The first-order chi connectivity index (χ1) is 14.2. The van der Waals surface area contributed by atoms with Gasteiger partial charge in [-0.15, -0.1) is 0 Å². The first-order valence-corrected chi connectivity index (χ1v) is 10.8. The van der Waals surface area contributed by atoms with E-state index >= 15 is 0 Å². The molecule has 2 amide bonds. The van der Waals surface area contributed by atoms with Crippen LogP contribution in [0.25, 0.3) is 0 Å². The maximum atomic E-state index is 13.0. The number of rotatable bonds is 9. The second-order valence-corrected chi connectivity index (χ2v) is 8.20. The molecule has 0 spiro atoms. The fraction of sp³-hybridized carbons (Fsp3) is 0.364. The summed E-state index contributed by atoms with van der Waals surface area (Å²) >= 11 is 18.2. The summed E-state index contributed by atoms with van der Waals surface area (Å²) in [6, 6.07) is 11.3. The van der Waals surface area contributed by atoms with E-state index in [9.17, 15) is 9.59 Å². The van der Waals surface area contributed by atoms with Crippen LogP contribution in [0.5, 0.6) is 5.75 Å². The minimum atomic E-state index is -0.712. The zero-order valence-corrected chi connectivity index (χ0v) is 19.4. The van der Waals surface area contributed by atoms with Gasteiger partial charge in [-0.25, -0.2) is 0 Å². The maximum Gasteiger partial charge on any atom is 0.261 e. The molecule has 0 aliphatic heterocycles. The van der Waals surface area contributed by atoms with Gasteiger partial charge in [0.2, 0.25) is 5.91 Å². The molecule has 2 rings (SSSR count). The molecule has 0 radical (unpaired) electrons. The van der Waals surface area contributed by atoms with Crippen LogP contribution in [0.4, 0.5) is 0 Å². The Bertz CT molecular complexity index is 892. The summed E-state index contributed by atoms with van der Waals surface area (Å²) in [5.41, 5.74) is 0.749. The third-order valence-corrected chi connectivity index (χ3v) is 5.74. The van der Waals surface area contributed by atoms with Crippen LogP contribution >= 0.6 is 34.8 Å². The number of hydrogen-bond acceptors (Lipinski definition) is 3. The highest BCUT2D eigenvalue weighted by atomic mass is 35.5. The van der Waals surface area contributed by atoms with E-state index in [1.807, 2.05) is 13.8 Å². The van der Waals surface area contributed by atoms with Gasteiger partial charge in [0.1, 0.15) is 11.8 Å². The lowest BCUT2D eigenvalue weighted by molar-refractivity contribution is -0.142. The van der Waals surface area contributed by atoms with Crippen LogP contribution in [0.2, 0.25) is 15.1 Å². The van der Waals surface area contributed by atoms with E-state index in [2.05, 4.69) is 5.32 Å². The highest BCUT2D eigenvalue weighted by Crippen LogP contribution is 2.25. The van der Waals surface area contributed by atoms with Gasteiger partial charge in [0.05, 0.1) is 15.1 Å². The van der Waals surface area contributed by atoms with Gasteiger partial charge in [-0.1, -0.05) is 59.9 Å². The molecule has 1 N–H and O–H groups in total. The van der Waals surface area contributed by atoms with Crippen molar-refractivity contribution in [3.63, 3.8) is 0 Å². The first kappa shape index (κ1) is 24.3. The number of benzene rings is 2. The second-order valence-electron chi connectivity index (χ2n) is 6.98. The zero-order valence-electron chi connectivity index (χ0n) is 17.1. The predicted molar refractivity (Wildman–Crippen MR) is 121 cm³/mol. The molecule has 0 fully saturated rings. The van der Waals surface area contributed by atoms with Crippen molar-refractivity contribution in [3.8, 4) is 5.75 Å². The maximum absolute atomic E-state index is 13.0. The molecule has 0 aliphatic rings. The SMILES string of the molecule is CC[C@H](C)NC(=O)[C@@H](C)N(Cc1ccc(Cl)c(Cl)c1)C(=O)COc1ccccc1Cl. The van der Waals surface area contributed by atoms with Gasteiger partial charge in [-0.3, -0.25) is 9.59 Å². The minimum absolute atomic E-state index is 0.00116. The van der Waals surface area contributed by atoms with Crippen molar-refractivity contribution in [2.24, 2.45) is 0 Å². The number of nitrogens with one attached hydrogen (secondary N) is 1. The number of para-hydroxylation sites is 1. The van der Waals surface area contributed by atoms with E-state index < -0.39 is 6.04 Å². The number of ether oxygens (including phenoxy) is 1. The Morgan fingerprint density at radius 3 is 2.37 bits per heavy atom. The Kier molecular flexibility index (Phi) is 9.28. The number of carbonyl (C=O) groups excluding carboxylic acids is 2. The predicted octanol–water partition coefficient (Wildman–Crippen LogP) is 5.36. The molecule has 0 saturated heterocycles. The van der Waals surface area contributed by atoms with Gasteiger partial charge in [0, 0.05) is 12.6 Å². The van der Waals surface area contributed by atoms with E-state index in [0.717, 1.165) is 12.0 Å². The molecule has 0 saturated carbocycles. The van der Waals surface area contributed by atoms with Crippen molar-refractivity contribution in [3.05, 3.63) is 63.1 Å². The smallest absolute Gasteiger partial charge is 0.261 e. The fourth-order valence-electron chi connectivity index (χ4n) is 2.67. The Balaban J connectivity index is 2.20. The molecule has 2 aromatic carbocycles. The summed E-state index contributed by atoms with van der Waals surface area (Å²) in [5, 5.41) is 4.12. The third kappa shape index (κ3) is 6.79. The van der Waals surface area contributed by atoms with E-state index in [1.165, 1.54) is 4.90 Å². The number of amides is 2. The Hall–Kier alpha value is -1.95. The van der Waals surface area contributed by atoms with Gasteiger partial charge in [-0.05, 0) is 50.1 Å². The molecule has 2 aromatic rings. The Labute approximate surface area is 192 Å². The van der Waals surface area contributed by atoms with Crippen LogP contribution in [0, 0.1) is 0 Å². The standard InChI is InChI=1S/C22H25Cl3N2O3/c1-4-14(2)26-22(29)15(3)27(12-16-9-10-17(23)19(25)11-16)21(28)13-30-20-8-6-5-7-18(20)24/h5-11,14-15H,4,12-13H2,1-3H3,(H,26,29)/t14-,15+/m0/s1. The lowest BCUT2D eigenvalue weighted by Crippen LogP contribution is -2.50. The van der Waals surface area contributed by atoms with Crippen molar-refractivity contribution in [1.82, 2.24) is 10.2 Å². The average molecular weight is 472 g/mol. The van der Waals surface area contributed by atoms with Crippen molar-refractivity contribution in [2.45, 2.75) is 45.8 Å². The number of carbonyl (C=O) groups is 2. The molecule has 2 atom stereocenters. The summed E-state index contributed by atoms with van der Waals surface area (Å²) in [4.78, 5) is 27.1. The largest absolute Gasteiger partial charge is 0.482 e. The first-order valence-electron chi connectivity index (χ1n) is 9.64. The monoisotopic (exact) mass is 470 g/mol. The van der Waals surface area contributed by atoms with Crippen molar-refractivity contribution in [1.29, 1.82) is 0 Å². The summed E-state index contributed by atoms with van der Waals surface area (Å²) < 4.78 is 5.59. The molecular formula is C22H25Cl3N2O3. The van der Waals surface area contributed by atoms with E-state index in [-0.39, 0.29) is 31.0 Å². The molecule has 0 aromatic heterocycles. The summed E-state index contributed by atoms with van der Waals surface area (Å²) in [6.45, 7) is 5.49. The van der Waals surface area contributed by atoms with Crippen molar-refractivity contribution in [2.75, 3.05) is 6.61 Å². The molecule has 0 aliphatic carbocycles. The molecule has 30 heavy (non-hydrogen) atoms. The molecule has 5 nitrogen and oxygen atoms in total. The lowest BCUT2D eigenvalue weighted by atomic mass is 10.1. The van der Waals surface area contributed by atoms with Crippen LogP contribution in [-0.4, -0.2) is 35.4 Å². The minimum Gasteiger partial charge on any atom is -0.482 e. The molecule has 0 heterocycles. The molecule has 162 valence electrons. The number of hydrogen-bond donors (Lipinski definition) is 1. The Morgan fingerprint density at radius 2 is 1.73 bits per heavy atom. The third-order valence-electron chi connectivity index (χ3n) is 4.69. The van der Waals surface area contributed by atoms with E-state index in [4.69, 9.17) is 39.5 Å². The highest BCUT2D eigenvalue weighted by Gasteiger charge is 2.27. The lowest BCUT2D eigenvalue weighted by Gasteiger charge is -2.29. The highest BCUT2D eigenvalue weighted by molar-refractivity contribution is 6.42. The van der Waals surface area contributed by atoms with Gasteiger partial charge < -0.3 is 15.0 Å². The van der Waals surface area contributed by atoms with Crippen LogP contribution < -0.4 is 10.1 Å². The summed E-state index contributed by atoms with van der Waals surface area (Å²) in [6.07, 6.45) is 0.787. The van der Waals surface area contributed by atoms with Crippen LogP contribution in [-0.2, 0) is 16.1 Å². The molecule has 0 bridgehead atoms. The normalized spacial score (nSPS) is 12.7. The van der Waals surface area contributed by atoms with Crippen LogP contribution in [0.1, 0.15) is 32.8 Å².